The predicted molar refractivity (Wildman–Crippen MR) is 48.1 cm³/mol. The van der Waals surface area contributed by atoms with Crippen LogP contribution in [0.15, 0.2) is 30.4 Å². The summed E-state index contributed by atoms with van der Waals surface area (Å²) in [6.45, 7) is 5.26. The number of halogens is 2. The first-order valence-electron chi connectivity index (χ1n) is 3.88. The third-order valence-electron chi connectivity index (χ3n) is 1.82. The van der Waals surface area contributed by atoms with E-state index in [-0.39, 0.29) is 5.56 Å². The normalized spacial score (nSPS) is 12.6. The third kappa shape index (κ3) is 2.12. The van der Waals surface area contributed by atoms with Crippen LogP contribution in [-0.2, 0) is 0 Å². The van der Waals surface area contributed by atoms with Crippen LogP contribution in [0, 0.1) is 11.6 Å². The standard InChI is InChI=1S/C10H11F2N/c1-6(2)10(13)8-5-7(11)3-4-9(8)12/h3-5,10H,1,13H2,2H3. The SMILES string of the molecule is C=C(C)C(N)c1cc(F)ccc1F. The minimum Gasteiger partial charge on any atom is -0.320 e. The highest BCUT2D eigenvalue weighted by Crippen LogP contribution is 2.21. The fourth-order valence-corrected chi connectivity index (χ4v) is 1.02. The molecule has 0 amide bonds. The maximum Gasteiger partial charge on any atom is 0.128 e. The second kappa shape index (κ2) is 3.66. The van der Waals surface area contributed by atoms with Gasteiger partial charge >= 0.3 is 0 Å². The van der Waals surface area contributed by atoms with Crippen LogP contribution in [0.4, 0.5) is 8.78 Å². The van der Waals surface area contributed by atoms with Crippen LogP contribution in [0.5, 0.6) is 0 Å². The summed E-state index contributed by atoms with van der Waals surface area (Å²) in [6, 6.07) is 2.57. The molecule has 0 aliphatic heterocycles. The summed E-state index contributed by atoms with van der Waals surface area (Å²) in [5.74, 6) is -0.995. The molecule has 1 unspecified atom stereocenters. The van der Waals surface area contributed by atoms with Gasteiger partial charge in [-0.2, -0.15) is 0 Å². The Morgan fingerprint density at radius 2 is 2.08 bits per heavy atom. The molecule has 0 aliphatic rings. The van der Waals surface area contributed by atoms with Crippen molar-refractivity contribution in [2.75, 3.05) is 0 Å². The summed E-state index contributed by atoms with van der Waals surface area (Å²) in [5, 5.41) is 0. The quantitative estimate of drug-likeness (QED) is 0.700. The molecule has 0 aromatic heterocycles. The maximum absolute atomic E-state index is 13.1. The van der Waals surface area contributed by atoms with Crippen molar-refractivity contribution in [1.29, 1.82) is 0 Å². The maximum atomic E-state index is 13.1. The average Bonchev–Trinajstić information content (AvgIpc) is 2.08. The van der Waals surface area contributed by atoms with Crippen molar-refractivity contribution in [2.24, 2.45) is 5.73 Å². The molecule has 1 nitrogen and oxygen atoms in total. The molecule has 70 valence electrons. The highest BCUT2D eigenvalue weighted by molar-refractivity contribution is 5.27. The van der Waals surface area contributed by atoms with E-state index >= 15 is 0 Å². The molecule has 2 N–H and O–H groups in total. The fraction of sp³-hybridized carbons (Fsp3) is 0.200. The van der Waals surface area contributed by atoms with E-state index in [2.05, 4.69) is 6.58 Å². The summed E-state index contributed by atoms with van der Waals surface area (Å²) in [5.41, 5.74) is 6.35. The number of hydrogen-bond donors (Lipinski definition) is 1. The molecule has 0 spiro atoms. The van der Waals surface area contributed by atoms with E-state index in [1.807, 2.05) is 0 Å². The van der Waals surface area contributed by atoms with Crippen molar-refractivity contribution in [3.05, 3.63) is 47.5 Å². The largest absolute Gasteiger partial charge is 0.320 e. The Hall–Kier alpha value is -1.22. The van der Waals surface area contributed by atoms with Gasteiger partial charge in [-0.15, -0.1) is 0 Å². The van der Waals surface area contributed by atoms with Crippen LogP contribution >= 0.6 is 0 Å². The zero-order chi connectivity index (χ0) is 10.0. The van der Waals surface area contributed by atoms with Crippen molar-refractivity contribution < 1.29 is 8.78 Å². The van der Waals surface area contributed by atoms with Gasteiger partial charge in [0.05, 0.1) is 6.04 Å². The molecule has 1 aromatic carbocycles. The van der Waals surface area contributed by atoms with Gasteiger partial charge in [-0.3, -0.25) is 0 Å². The molecule has 0 saturated carbocycles. The molecular weight excluding hydrogens is 172 g/mol. The second-order valence-corrected chi connectivity index (χ2v) is 2.99. The van der Waals surface area contributed by atoms with Crippen molar-refractivity contribution in [3.63, 3.8) is 0 Å². The van der Waals surface area contributed by atoms with Crippen molar-refractivity contribution in [1.82, 2.24) is 0 Å². The summed E-state index contributed by atoms with van der Waals surface area (Å²) in [7, 11) is 0. The highest BCUT2D eigenvalue weighted by atomic mass is 19.1. The minimum absolute atomic E-state index is 0.146. The van der Waals surface area contributed by atoms with E-state index in [4.69, 9.17) is 5.73 Å². The third-order valence-corrected chi connectivity index (χ3v) is 1.82. The number of hydrogen-bond acceptors (Lipinski definition) is 1. The Labute approximate surface area is 75.9 Å². The second-order valence-electron chi connectivity index (χ2n) is 2.99. The molecule has 13 heavy (non-hydrogen) atoms. The Bertz CT molecular complexity index is 334. The van der Waals surface area contributed by atoms with E-state index in [1.165, 1.54) is 0 Å². The lowest BCUT2D eigenvalue weighted by Crippen LogP contribution is -2.13. The van der Waals surface area contributed by atoms with Gasteiger partial charge in [0.25, 0.3) is 0 Å². The van der Waals surface area contributed by atoms with Gasteiger partial charge in [0.2, 0.25) is 0 Å². The van der Waals surface area contributed by atoms with E-state index in [1.54, 1.807) is 6.92 Å². The van der Waals surface area contributed by atoms with Gasteiger partial charge in [0.1, 0.15) is 11.6 Å². The van der Waals surface area contributed by atoms with Gasteiger partial charge in [-0.1, -0.05) is 12.2 Å². The fourth-order valence-electron chi connectivity index (χ4n) is 1.02. The van der Waals surface area contributed by atoms with Crippen LogP contribution < -0.4 is 5.73 Å². The zero-order valence-electron chi connectivity index (χ0n) is 7.35. The number of nitrogens with two attached hydrogens (primary N) is 1. The lowest BCUT2D eigenvalue weighted by Gasteiger charge is -2.12. The first kappa shape index (κ1) is 9.86. The van der Waals surface area contributed by atoms with Crippen LogP contribution in [0.2, 0.25) is 0 Å². The molecule has 0 bridgehead atoms. The Morgan fingerprint density at radius 3 is 2.62 bits per heavy atom. The molecule has 0 radical (unpaired) electrons. The van der Waals surface area contributed by atoms with E-state index in [0.717, 1.165) is 18.2 Å². The Balaban J connectivity index is 3.12. The van der Waals surface area contributed by atoms with Crippen molar-refractivity contribution in [2.45, 2.75) is 13.0 Å². The predicted octanol–water partition coefficient (Wildman–Crippen LogP) is 2.54. The van der Waals surface area contributed by atoms with Gasteiger partial charge < -0.3 is 5.73 Å². The topological polar surface area (TPSA) is 26.0 Å². The van der Waals surface area contributed by atoms with Gasteiger partial charge in [0.15, 0.2) is 0 Å². The smallest absolute Gasteiger partial charge is 0.128 e. The molecule has 0 fully saturated rings. The summed E-state index contributed by atoms with van der Waals surface area (Å²) in [6.07, 6.45) is 0. The van der Waals surface area contributed by atoms with Crippen molar-refractivity contribution in [3.8, 4) is 0 Å². The van der Waals surface area contributed by atoms with E-state index < -0.39 is 17.7 Å². The average molecular weight is 183 g/mol. The van der Waals surface area contributed by atoms with Crippen LogP contribution in [0.1, 0.15) is 18.5 Å². The zero-order valence-corrected chi connectivity index (χ0v) is 7.35. The molecular formula is C10H11F2N. The molecule has 1 aromatic rings. The molecule has 0 heterocycles. The Morgan fingerprint density at radius 1 is 1.46 bits per heavy atom. The van der Waals surface area contributed by atoms with Crippen molar-refractivity contribution >= 4 is 0 Å². The lowest BCUT2D eigenvalue weighted by molar-refractivity contribution is 0.575. The first-order valence-corrected chi connectivity index (χ1v) is 3.88. The molecule has 0 aliphatic carbocycles. The van der Waals surface area contributed by atoms with Crippen LogP contribution in [0.3, 0.4) is 0 Å². The molecule has 1 atom stereocenters. The van der Waals surface area contributed by atoms with Gasteiger partial charge in [-0.05, 0) is 25.1 Å². The van der Waals surface area contributed by atoms with Gasteiger partial charge in [-0.25, -0.2) is 8.78 Å². The minimum atomic E-state index is -0.643. The molecule has 0 saturated heterocycles. The van der Waals surface area contributed by atoms with Gasteiger partial charge in [0, 0.05) is 5.56 Å². The van der Waals surface area contributed by atoms with Crippen LogP contribution in [0.25, 0.3) is 0 Å². The van der Waals surface area contributed by atoms with E-state index in [0.29, 0.717) is 5.57 Å². The monoisotopic (exact) mass is 183 g/mol. The summed E-state index contributed by atoms with van der Waals surface area (Å²) < 4.78 is 25.8. The van der Waals surface area contributed by atoms with Crippen LogP contribution in [-0.4, -0.2) is 0 Å². The molecule has 3 heteroatoms. The first-order chi connectivity index (χ1) is 6.02. The molecule has 1 rings (SSSR count). The Kier molecular flexibility index (Phi) is 2.78. The summed E-state index contributed by atoms with van der Waals surface area (Å²) >= 11 is 0. The summed E-state index contributed by atoms with van der Waals surface area (Å²) in [4.78, 5) is 0. The number of rotatable bonds is 2. The highest BCUT2D eigenvalue weighted by Gasteiger charge is 2.12. The lowest BCUT2D eigenvalue weighted by atomic mass is 10.0. The number of benzene rings is 1. The van der Waals surface area contributed by atoms with E-state index in [9.17, 15) is 8.78 Å².